The first kappa shape index (κ1) is 14.7. The van der Waals surface area contributed by atoms with E-state index < -0.39 is 0 Å². The van der Waals surface area contributed by atoms with Gasteiger partial charge in [-0.25, -0.2) is 9.97 Å². The van der Waals surface area contributed by atoms with Crippen molar-refractivity contribution in [2.24, 2.45) is 0 Å². The topological polar surface area (TPSA) is 76.6 Å². The third-order valence-corrected chi connectivity index (χ3v) is 4.09. The van der Waals surface area contributed by atoms with Gasteiger partial charge in [0.15, 0.2) is 11.5 Å². The summed E-state index contributed by atoms with van der Waals surface area (Å²) < 4.78 is 11.1. The van der Waals surface area contributed by atoms with Crippen LogP contribution in [-0.4, -0.2) is 47.1 Å². The zero-order valence-corrected chi connectivity index (χ0v) is 13.2. The van der Waals surface area contributed by atoms with Crippen LogP contribution in [0.5, 0.6) is 11.5 Å². The third kappa shape index (κ3) is 2.97. The van der Waals surface area contributed by atoms with E-state index in [1.807, 2.05) is 23.1 Å². The lowest BCUT2D eigenvalue weighted by molar-refractivity contribution is 0.0787. The molecule has 2 aliphatic rings. The van der Waals surface area contributed by atoms with Crippen molar-refractivity contribution < 1.29 is 14.3 Å². The molecule has 0 spiro atoms. The van der Waals surface area contributed by atoms with E-state index in [1.165, 1.54) is 6.33 Å². The first-order chi connectivity index (χ1) is 11.8. The molecular formula is C17H18N4O3. The highest BCUT2D eigenvalue weighted by molar-refractivity contribution is 5.93. The van der Waals surface area contributed by atoms with Crippen LogP contribution in [0.15, 0.2) is 30.6 Å². The fourth-order valence-corrected chi connectivity index (χ4v) is 2.89. The Kier molecular flexibility index (Phi) is 3.90. The molecule has 1 saturated heterocycles. The second-order valence-electron chi connectivity index (χ2n) is 5.77. The van der Waals surface area contributed by atoms with E-state index in [-0.39, 0.29) is 5.91 Å². The Morgan fingerprint density at radius 1 is 1.04 bits per heavy atom. The van der Waals surface area contributed by atoms with Crippen molar-refractivity contribution in [3.05, 3.63) is 36.3 Å². The number of hydrogen-bond acceptors (Lipinski definition) is 6. The van der Waals surface area contributed by atoms with Crippen LogP contribution in [0.2, 0.25) is 0 Å². The smallest absolute Gasteiger partial charge is 0.272 e. The van der Waals surface area contributed by atoms with Crippen LogP contribution in [0.4, 0.5) is 11.5 Å². The highest BCUT2D eigenvalue weighted by Gasteiger charge is 2.21. The van der Waals surface area contributed by atoms with Crippen LogP contribution < -0.4 is 14.8 Å². The first-order valence-corrected chi connectivity index (χ1v) is 8.07. The number of likely N-dealkylation sites (tertiary alicyclic amines) is 1. The Hall–Kier alpha value is -2.83. The van der Waals surface area contributed by atoms with Crippen molar-refractivity contribution >= 4 is 17.4 Å². The zero-order valence-electron chi connectivity index (χ0n) is 13.2. The van der Waals surface area contributed by atoms with Gasteiger partial charge in [0.2, 0.25) is 0 Å². The number of nitrogens with one attached hydrogen (secondary N) is 1. The van der Waals surface area contributed by atoms with Crippen LogP contribution in [0.1, 0.15) is 23.3 Å². The number of anilines is 2. The van der Waals surface area contributed by atoms with E-state index in [1.54, 1.807) is 6.07 Å². The van der Waals surface area contributed by atoms with Gasteiger partial charge in [-0.05, 0) is 25.0 Å². The Labute approximate surface area is 139 Å². The van der Waals surface area contributed by atoms with Crippen molar-refractivity contribution in [2.75, 3.05) is 31.6 Å². The number of hydrogen-bond donors (Lipinski definition) is 1. The lowest BCUT2D eigenvalue weighted by Gasteiger charge is -2.19. The minimum absolute atomic E-state index is 0.0416. The van der Waals surface area contributed by atoms with Gasteiger partial charge in [0.1, 0.15) is 31.1 Å². The highest BCUT2D eigenvalue weighted by atomic mass is 16.6. The van der Waals surface area contributed by atoms with Gasteiger partial charge >= 0.3 is 0 Å². The minimum atomic E-state index is -0.0416. The number of benzene rings is 1. The fraction of sp³-hybridized carbons (Fsp3) is 0.353. The predicted molar refractivity (Wildman–Crippen MR) is 87.9 cm³/mol. The maximum Gasteiger partial charge on any atom is 0.272 e. The molecule has 1 fully saturated rings. The van der Waals surface area contributed by atoms with Gasteiger partial charge in [-0.3, -0.25) is 4.79 Å². The number of nitrogens with zero attached hydrogens (tertiary/aromatic N) is 3. The molecule has 0 radical (unpaired) electrons. The second-order valence-corrected chi connectivity index (χ2v) is 5.77. The van der Waals surface area contributed by atoms with E-state index in [0.717, 1.165) is 37.4 Å². The molecule has 1 amide bonds. The summed E-state index contributed by atoms with van der Waals surface area (Å²) in [6.45, 7) is 2.70. The van der Waals surface area contributed by atoms with Gasteiger partial charge in [-0.1, -0.05) is 0 Å². The number of amides is 1. The molecule has 7 nitrogen and oxygen atoms in total. The van der Waals surface area contributed by atoms with Gasteiger partial charge in [0.25, 0.3) is 5.91 Å². The van der Waals surface area contributed by atoms with Gasteiger partial charge in [-0.2, -0.15) is 0 Å². The molecule has 3 heterocycles. The average molecular weight is 326 g/mol. The summed E-state index contributed by atoms with van der Waals surface area (Å²) in [7, 11) is 0. The van der Waals surface area contributed by atoms with Crippen LogP contribution >= 0.6 is 0 Å². The third-order valence-electron chi connectivity index (χ3n) is 4.09. The molecule has 0 unspecified atom stereocenters. The summed E-state index contributed by atoms with van der Waals surface area (Å²) in [5, 5.41) is 3.18. The Balaban J connectivity index is 1.52. The maximum atomic E-state index is 12.4. The summed E-state index contributed by atoms with van der Waals surface area (Å²) >= 11 is 0. The van der Waals surface area contributed by atoms with Gasteiger partial charge in [-0.15, -0.1) is 0 Å². The lowest BCUT2D eigenvalue weighted by Crippen LogP contribution is -2.28. The van der Waals surface area contributed by atoms with Crippen LogP contribution in [0.25, 0.3) is 0 Å². The van der Waals surface area contributed by atoms with Crippen LogP contribution in [0.3, 0.4) is 0 Å². The maximum absolute atomic E-state index is 12.4. The summed E-state index contributed by atoms with van der Waals surface area (Å²) in [6, 6.07) is 7.28. The largest absolute Gasteiger partial charge is 0.486 e. The summed E-state index contributed by atoms with van der Waals surface area (Å²) in [5.41, 5.74) is 1.23. The van der Waals surface area contributed by atoms with Crippen molar-refractivity contribution in [3.8, 4) is 11.5 Å². The molecule has 24 heavy (non-hydrogen) atoms. The Morgan fingerprint density at radius 2 is 1.83 bits per heavy atom. The molecule has 1 aromatic carbocycles. The van der Waals surface area contributed by atoms with Gasteiger partial charge in [0.05, 0.1) is 0 Å². The van der Waals surface area contributed by atoms with E-state index in [4.69, 9.17) is 9.47 Å². The highest BCUT2D eigenvalue weighted by Crippen LogP contribution is 2.33. The first-order valence-electron chi connectivity index (χ1n) is 8.07. The van der Waals surface area contributed by atoms with Gasteiger partial charge < -0.3 is 19.7 Å². The normalized spacial score (nSPS) is 16.1. The van der Waals surface area contributed by atoms with Crippen molar-refractivity contribution in [2.45, 2.75) is 12.8 Å². The van der Waals surface area contributed by atoms with Crippen LogP contribution in [0, 0.1) is 0 Å². The van der Waals surface area contributed by atoms with Crippen molar-refractivity contribution in [1.29, 1.82) is 0 Å². The standard InChI is InChI=1S/C17H18N4O3/c22-17(21-5-1-2-6-21)13-10-16(19-11-18-13)20-12-3-4-14-15(9-12)24-8-7-23-14/h3-4,9-11H,1-2,5-8H2,(H,18,19,20). The van der Waals surface area contributed by atoms with E-state index >= 15 is 0 Å². The lowest BCUT2D eigenvalue weighted by atomic mass is 10.2. The number of aromatic nitrogens is 2. The monoisotopic (exact) mass is 326 g/mol. The molecule has 0 aliphatic carbocycles. The Morgan fingerprint density at radius 3 is 2.67 bits per heavy atom. The van der Waals surface area contributed by atoms with Crippen molar-refractivity contribution in [1.82, 2.24) is 14.9 Å². The minimum Gasteiger partial charge on any atom is -0.486 e. The number of ether oxygens (including phenoxy) is 2. The molecule has 0 bridgehead atoms. The SMILES string of the molecule is O=C(c1cc(Nc2ccc3c(c2)OCCO3)ncn1)N1CCCC1. The molecule has 1 N–H and O–H groups in total. The number of carbonyl (C=O) groups excluding carboxylic acids is 1. The summed E-state index contributed by atoms with van der Waals surface area (Å²) in [6.07, 6.45) is 3.52. The Bertz CT molecular complexity index is 759. The van der Waals surface area contributed by atoms with Gasteiger partial charge in [0, 0.05) is 30.9 Å². The molecule has 7 heteroatoms. The fourth-order valence-electron chi connectivity index (χ4n) is 2.89. The molecule has 0 saturated carbocycles. The molecule has 2 aromatic rings. The van der Waals surface area contributed by atoms with E-state index in [9.17, 15) is 4.79 Å². The van der Waals surface area contributed by atoms with E-state index in [0.29, 0.717) is 30.5 Å². The molecule has 1 aromatic heterocycles. The molecule has 124 valence electrons. The molecule has 2 aliphatic heterocycles. The molecule has 4 rings (SSSR count). The van der Waals surface area contributed by atoms with Crippen molar-refractivity contribution in [3.63, 3.8) is 0 Å². The quantitative estimate of drug-likeness (QED) is 0.932. The average Bonchev–Trinajstić information content (AvgIpc) is 3.16. The molecule has 0 atom stereocenters. The number of fused-ring (bicyclic) bond motifs is 1. The molecular weight excluding hydrogens is 308 g/mol. The van der Waals surface area contributed by atoms with Crippen LogP contribution in [-0.2, 0) is 0 Å². The summed E-state index contributed by atoms with van der Waals surface area (Å²) in [5.74, 6) is 1.97. The number of rotatable bonds is 3. The predicted octanol–water partition coefficient (Wildman–Crippen LogP) is 2.23. The zero-order chi connectivity index (χ0) is 16.4. The summed E-state index contributed by atoms with van der Waals surface area (Å²) in [4.78, 5) is 22.5. The second kappa shape index (κ2) is 6.35. The number of carbonyl (C=O) groups is 1. The van der Waals surface area contributed by atoms with E-state index in [2.05, 4.69) is 15.3 Å².